The molecule has 0 saturated carbocycles. The van der Waals surface area contributed by atoms with Gasteiger partial charge in [0.15, 0.2) is 0 Å². The molecular weight excluding hydrogens is 203 g/mol. The van der Waals surface area contributed by atoms with E-state index in [1.165, 1.54) is 0 Å². The molecule has 0 aromatic rings. The fraction of sp³-hybridized carbons (Fsp3) is 0. The third kappa shape index (κ3) is 1300. The van der Waals surface area contributed by atoms with Gasteiger partial charge in [-0.2, -0.15) is 14.0 Å². The van der Waals surface area contributed by atoms with Crippen molar-refractivity contribution in [3.05, 3.63) is 0 Å². The van der Waals surface area contributed by atoms with Crippen LogP contribution in [0, 0.1) is 10.2 Å². The number of hydrogen-bond acceptors (Lipinski definition) is 4. The van der Waals surface area contributed by atoms with Gasteiger partial charge in [-0.15, -0.1) is 0 Å². The molecule has 0 aromatic carbocycles. The first-order valence-electron chi connectivity index (χ1n) is 0.632. The van der Waals surface area contributed by atoms with Crippen molar-refractivity contribution < 1.29 is 62.4 Å². The summed E-state index contributed by atoms with van der Waals surface area (Å²) in [7, 11) is -4.69. The average molecular weight is 210 g/mol. The van der Waals surface area contributed by atoms with Gasteiger partial charge >= 0.3 is 0 Å². The van der Waals surface area contributed by atoms with Crippen LogP contribution in [-0.2, 0) is 17.1 Å². The molecule has 0 amide bonds. The molecule has 7 nitrogen and oxygen atoms in total. The molecule has 64 valence electrons. The third-order valence-corrected chi connectivity index (χ3v) is 0. The molecule has 7 N–H and O–H groups in total. The summed E-state index contributed by atoms with van der Waals surface area (Å²) < 4.78 is 32.7. The van der Waals surface area contributed by atoms with Crippen LogP contribution in [0.4, 0.5) is 0 Å². The van der Waals surface area contributed by atoms with Crippen molar-refractivity contribution in [2.45, 2.75) is 0 Å². The summed E-state index contributed by atoms with van der Waals surface area (Å²) in [6, 6.07) is 0. The van der Waals surface area contributed by atoms with E-state index in [1.54, 1.807) is 0 Å². The van der Waals surface area contributed by atoms with E-state index in [0.29, 0.717) is 0 Å². The van der Waals surface area contributed by atoms with Crippen LogP contribution in [0.15, 0.2) is 0 Å². The molecule has 0 saturated heterocycles. The molecule has 0 aliphatic heterocycles. The molecule has 9 heavy (non-hydrogen) atoms. The molecule has 0 radical (unpaired) electrons. The number of rotatable bonds is 0. The van der Waals surface area contributed by atoms with Crippen molar-refractivity contribution in [3.63, 3.8) is 0 Å². The van der Waals surface area contributed by atoms with E-state index < -0.39 is 10.2 Å². The standard InChI is InChI=1S/ClHO4.Fe.3H2O/c2-1(3,4)5;;;;/h(H,2,3,4,5);;3*1H2. The van der Waals surface area contributed by atoms with Gasteiger partial charge in [0.2, 0.25) is 0 Å². The van der Waals surface area contributed by atoms with Crippen LogP contribution in [0.3, 0.4) is 0 Å². The Kier molecular flexibility index (Phi) is 42.6. The molecular formula is H7ClFeO7. The summed E-state index contributed by atoms with van der Waals surface area (Å²) in [6.45, 7) is 0. The minimum absolute atomic E-state index is 0. The maximum absolute atomic E-state index is 8.60. The van der Waals surface area contributed by atoms with Crippen LogP contribution in [0.1, 0.15) is 0 Å². The molecule has 9 heteroatoms. The van der Waals surface area contributed by atoms with Crippen molar-refractivity contribution in [2.24, 2.45) is 0 Å². The second kappa shape index (κ2) is 11.3. The van der Waals surface area contributed by atoms with Crippen molar-refractivity contribution in [2.75, 3.05) is 0 Å². The molecule has 0 aliphatic rings. The summed E-state index contributed by atoms with van der Waals surface area (Å²) in [5.41, 5.74) is 0. The normalized spacial score (nSPS) is 6.67. The zero-order valence-electron chi connectivity index (χ0n) is 3.90. The Morgan fingerprint density at radius 3 is 0.889 bits per heavy atom. The molecule has 0 unspecified atom stereocenters. The average Bonchev–Trinajstić information content (AvgIpc) is 0.722. The molecule has 0 aromatic heterocycles. The Morgan fingerprint density at radius 1 is 0.889 bits per heavy atom. The Bertz CT molecular complexity index is 24.4. The number of hydrogen-bond donors (Lipinski definition) is 1. The largest absolute Gasteiger partial charge is 0.412 e. The van der Waals surface area contributed by atoms with Crippen molar-refractivity contribution >= 4 is 0 Å². The van der Waals surface area contributed by atoms with E-state index in [2.05, 4.69) is 0 Å². The fourth-order valence-electron chi connectivity index (χ4n) is 0. The quantitative estimate of drug-likeness (QED) is 0.390. The minimum Gasteiger partial charge on any atom is -0.412 e. The zero-order valence-corrected chi connectivity index (χ0v) is 5.76. The summed E-state index contributed by atoms with van der Waals surface area (Å²) in [5, 5.41) is 0. The van der Waals surface area contributed by atoms with Crippen LogP contribution in [0.5, 0.6) is 0 Å². The molecule has 0 fully saturated rings. The van der Waals surface area contributed by atoms with Gasteiger partial charge < -0.3 is 16.4 Å². The third-order valence-electron chi connectivity index (χ3n) is 0. The van der Waals surface area contributed by atoms with Gasteiger partial charge in [-0.1, -0.05) is 0 Å². The van der Waals surface area contributed by atoms with Crippen LogP contribution in [0.2, 0.25) is 0 Å². The van der Waals surface area contributed by atoms with Crippen LogP contribution >= 0.6 is 0 Å². The summed E-state index contributed by atoms with van der Waals surface area (Å²) in [5.74, 6) is 0. The molecule has 0 rings (SSSR count). The maximum Gasteiger partial charge on any atom is 0.0777 e. The van der Waals surface area contributed by atoms with Gasteiger partial charge in [0.25, 0.3) is 0 Å². The van der Waals surface area contributed by atoms with E-state index in [-0.39, 0.29) is 33.5 Å². The Labute approximate surface area is 63.0 Å². The van der Waals surface area contributed by atoms with Gasteiger partial charge in [0, 0.05) is 17.1 Å². The van der Waals surface area contributed by atoms with Crippen LogP contribution in [-0.4, -0.2) is 21.1 Å². The topological polar surface area (TPSA) is 184 Å². The second-order valence-electron chi connectivity index (χ2n) is 0.396. The Hall–Kier alpha value is 0.529. The van der Waals surface area contributed by atoms with E-state index in [0.717, 1.165) is 0 Å². The molecule has 0 atom stereocenters. The van der Waals surface area contributed by atoms with Gasteiger partial charge in [-0.05, 0) is 0 Å². The Balaban J connectivity index is -0.0000000133. The van der Waals surface area contributed by atoms with Gasteiger partial charge in [-0.25, -0.2) is 0 Å². The van der Waals surface area contributed by atoms with Gasteiger partial charge in [-0.3, -0.25) is 0 Å². The van der Waals surface area contributed by atoms with Gasteiger partial charge in [0.05, 0.1) is 14.9 Å². The van der Waals surface area contributed by atoms with Crippen molar-refractivity contribution in [1.82, 2.24) is 0 Å². The SMILES string of the molecule is O.O.O.[Fe].[O-][Cl+3]([O-])([O-])O. The van der Waals surface area contributed by atoms with E-state index in [4.69, 9.17) is 18.6 Å². The van der Waals surface area contributed by atoms with E-state index in [9.17, 15) is 0 Å². The second-order valence-corrected chi connectivity index (χ2v) is 1.19. The molecule has 0 bridgehead atoms. The summed E-state index contributed by atoms with van der Waals surface area (Å²) >= 11 is 0. The zero-order chi connectivity index (χ0) is 4.50. The molecule has 0 spiro atoms. The maximum atomic E-state index is 8.60. The smallest absolute Gasteiger partial charge is 0.0777 e. The summed E-state index contributed by atoms with van der Waals surface area (Å²) in [4.78, 5) is 0. The molecule has 0 heterocycles. The fourth-order valence-corrected chi connectivity index (χ4v) is 0. The monoisotopic (exact) mass is 210 g/mol. The predicted octanol–water partition coefficient (Wildman–Crippen LogP) is -6.60. The van der Waals surface area contributed by atoms with Crippen LogP contribution < -0.4 is 14.0 Å². The summed E-state index contributed by atoms with van der Waals surface area (Å²) in [6.07, 6.45) is 0. The minimum atomic E-state index is -4.69. The van der Waals surface area contributed by atoms with Crippen molar-refractivity contribution in [3.8, 4) is 0 Å². The van der Waals surface area contributed by atoms with E-state index in [1.807, 2.05) is 0 Å². The van der Waals surface area contributed by atoms with Crippen LogP contribution in [0.25, 0.3) is 0 Å². The predicted molar refractivity (Wildman–Crippen MR) is 13.1 cm³/mol. The number of halogens is 1. The first kappa shape index (κ1) is 33.8. The molecule has 0 aliphatic carbocycles. The van der Waals surface area contributed by atoms with Crippen molar-refractivity contribution in [1.29, 1.82) is 0 Å². The van der Waals surface area contributed by atoms with E-state index >= 15 is 0 Å². The Morgan fingerprint density at radius 2 is 0.889 bits per heavy atom. The first-order chi connectivity index (χ1) is 2.00. The van der Waals surface area contributed by atoms with Gasteiger partial charge in [0.1, 0.15) is 0 Å². The first-order valence-corrected chi connectivity index (χ1v) is 1.90.